The van der Waals surface area contributed by atoms with E-state index in [1.165, 1.54) is 0 Å². The molecule has 0 spiro atoms. The molecule has 0 radical (unpaired) electrons. The van der Waals surface area contributed by atoms with E-state index in [1.54, 1.807) is 13.1 Å². The van der Waals surface area contributed by atoms with Crippen molar-refractivity contribution in [3.8, 4) is 0 Å². The van der Waals surface area contributed by atoms with Crippen molar-refractivity contribution in [2.45, 2.75) is 32.1 Å². The third-order valence-electron chi connectivity index (χ3n) is 4.29. The van der Waals surface area contributed by atoms with Gasteiger partial charge in [-0.15, -0.1) is 0 Å². The van der Waals surface area contributed by atoms with E-state index in [2.05, 4.69) is 9.97 Å². The second-order valence-electron chi connectivity index (χ2n) is 6.00. The Hall–Kier alpha value is -2.89. The standard InChI is InChI=1S/C19H21N3O3/c1-2-25-17(24)8-7-12(11-16(20)23)18-19-14(9-10-21-18)13-5-3-4-6-15(13)22-19/h3-6,9-10,12,22H,2,7-8,11H2,1H3,(H2,20,23)/t12-/m1/s1. The Labute approximate surface area is 145 Å². The van der Waals surface area contributed by atoms with Crippen molar-refractivity contribution in [2.75, 3.05) is 6.61 Å². The zero-order valence-corrected chi connectivity index (χ0v) is 14.1. The van der Waals surface area contributed by atoms with Gasteiger partial charge < -0.3 is 15.5 Å². The molecule has 6 nitrogen and oxygen atoms in total. The van der Waals surface area contributed by atoms with E-state index in [9.17, 15) is 9.59 Å². The molecule has 6 heteroatoms. The van der Waals surface area contributed by atoms with Crippen molar-refractivity contribution in [2.24, 2.45) is 5.73 Å². The Morgan fingerprint density at radius 2 is 2.04 bits per heavy atom. The molecular weight excluding hydrogens is 318 g/mol. The quantitative estimate of drug-likeness (QED) is 0.646. The number of aromatic nitrogens is 2. The summed E-state index contributed by atoms with van der Waals surface area (Å²) in [7, 11) is 0. The van der Waals surface area contributed by atoms with Gasteiger partial charge in [-0.25, -0.2) is 0 Å². The number of pyridine rings is 1. The number of nitrogens with one attached hydrogen (secondary N) is 1. The van der Waals surface area contributed by atoms with Gasteiger partial charge in [-0.1, -0.05) is 18.2 Å². The number of aromatic amines is 1. The number of ether oxygens (including phenoxy) is 1. The van der Waals surface area contributed by atoms with Crippen LogP contribution in [-0.2, 0) is 14.3 Å². The van der Waals surface area contributed by atoms with Gasteiger partial charge in [0.15, 0.2) is 0 Å². The van der Waals surface area contributed by atoms with Gasteiger partial charge in [0.1, 0.15) is 0 Å². The molecule has 0 saturated carbocycles. The van der Waals surface area contributed by atoms with Gasteiger partial charge in [0, 0.05) is 41.2 Å². The van der Waals surface area contributed by atoms with E-state index < -0.39 is 5.91 Å². The molecule has 0 aliphatic heterocycles. The lowest BCUT2D eigenvalue weighted by molar-refractivity contribution is -0.143. The van der Waals surface area contributed by atoms with Gasteiger partial charge in [0.25, 0.3) is 0 Å². The Morgan fingerprint density at radius 1 is 1.24 bits per heavy atom. The summed E-state index contributed by atoms with van der Waals surface area (Å²) in [6, 6.07) is 9.94. The van der Waals surface area contributed by atoms with E-state index in [-0.39, 0.29) is 24.7 Å². The lowest BCUT2D eigenvalue weighted by atomic mass is 9.93. The van der Waals surface area contributed by atoms with Crippen LogP contribution in [0.1, 0.15) is 37.8 Å². The first-order valence-corrected chi connectivity index (χ1v) is 8.39. The molecule has 0 aliphatic carbocycles. The first kappa shape index (κ1) is 17.0. The van der Waals surface area contributed by atoms with Crippen LogP contribution in [0.3, 0.4) is 0 Å². The molecule has 0 aliphatic rings. The molecule has 2 aromatic heterocycles. The van der Waals surface area contributed by atoms with Crippen molar-refractivity contribution in [3.63, 3.8) is 0 Å². The third-order valence-corrected chi connectivity index (χ3v) is 4.29. The number of hydrogen-bond donors (Lipinski definition) is 2. The first-order chi connectivity index (χ1) is 12.1. The summed E-state index contributed by atoms with van der Waals surface area (Å²) in [6.07, 6.45) is 2.56. The maximum absolute atomic E-state index is 11.7. The highest BCUT2D eigenvalue weighted by molar-refractivity contribution is 6.07. The number of fused-ring (bicyclic) bond motifs is 3. The molecule has 1 amide bonds. The van der Waals surface area contributed by atoms with Crippen LogP contribution in [0, 0.1) is 0 Å². The molecule has 0 unspecified atom stereocenters. The number of primary amides is 1. The molecule has 2 heterocycles. The average molecular weight is 339 g/mol. The van der Waals surface area contributed by atoms with Crippen LogP contribution in [0.5, 0.6) is 0 Å². The summed E-state index contributed by atoms with van der Waals surface area (Å²) in [5.41, 5.74) is 8.08. The van der Waals surface area contributed by atoms with Gasteiger partial charge in [0.2, 0.25) is 5.91 Å². The van der Waals surface area contributed by atoms with Crippen LogP contribution >= 0.6 is 0 Å². The summed E-state index contributed by atoms with van der Waals surface area (Å²) < 4.78 is 4.99. The number of benzene rings is 1. The molecule has 3 rings (SSSR count). The van der Waals surface area contributed by atoms with E-state index in [4.69, 9.17) is 10.5 Å². The minimum absolute atomic E-state index is 0.140. The zero-order chi connectivity index (χ0) is 17.8. The van der Waals surface area contributed by atoms with Gasteiger partial charge in [0.05, 0.1) is 17.8 Å². The van der Waals surface area contributed by atoms with E-state index in [0.717, 1.165) is 27.5 Å². The lowest BCUT2D eigenvalue weighted by Crippen LogP contribution is -2.17. The molecule has 3 N–H and O–H groups in total. The molecule has 0 fully saturated rings. The fourth-order valence-electron chi connectivity index (χ4n) is 3.21. The van der Waals surface area contributed by atoms with Crippen LogP contribution in [-0.4, -0.2) is 28.5 Å². The minimum Gasteiger partial charge on any atom is -0.466 e. The highest BCUT2D eigenvalue weighted by Crippen LogP contribution is 2.33. The number of para-hydroxylation sites is 1. The molecule has 130 valence electrons. The topological polar surface area (TPSA) is 98.1 Å². The number of esters is 1. The largest absolute Gasteiger partial charge is 0.466 e. The molecule has 1 aromatic carbocycles. The first-order valence-electron chi connectivity index (χ1n) is 8.39. The average Bonchev–Trinajstić information content (AvgIpc) is 2.97. The second-order valence-corrected chi connectivity index (χ2v) is 6.00. The molecular formula is C19H21N3O3. The normalized spacial score (nSPS) is 12.4. The van der Waals surface area contributed by atoms with Crippen LogP contribution in [0.2, 0.25) is 0 Å². The van der Waals surface area contributed by atoms with E-state index in [1.807, 2.05) is 30.3 Å². The Bertz CT molecular complexity index is 917. The highest BCUT2D eigenvalue weighted by Gasteiger charge is 2.21. The highest BCUT2D eigenvalue weighted by atomic mass is 16.5. The number of carbonyl (C=O) groups is 2. The van der Waals surface area contributed by atoms with Crippen LogP contribution in [0.4, 0.5) is 0 Å². The second kappa shape index (κ2) is 7.34. The van der Waals surface area contributed by atoms with Crippen LogP contribution in [0.25, 0.3) is 21.8 Å². The number of hydrogen-bond acceptors (Lipinski definition) is 4. The maximum atomic E-state index is 11.7. The van der Waals surface area contributed by atoms with E-state index in [0.29, 0.717) is 13.0 Å². The van der Waals surface area contributed by atoms with Crippen molar-refractivity contribution >= 4 is 33.7 Å². The molecule has 0 bridgehead atoms. The van der Waals surface area contributed by atoms with Crippen LogP contribution in [0.15, 0.2) is 36.5 Å². The molecule has 0 saturated heterocycles. The van der Waals surface area contributed by atoms with Gasteiger partial charge >= 0.3 is 5.97 Å². The van der Waals surface area contributed by atoms with Crippen molar-refractivity contribution in [3.05, 3.63) is 42.2 Å². The van der Waals surface area contributed by atoms with Gasteiger partial charge in [-0.05, 0) is 25.5 Å². The summed E-state index contributed by atoms with van der Waals surface area (Å²) in [5, 5.41) is 2.15. The fourth-order valence-corrected chi connectivity index (χ4v) is 3.21. The lowest BCUT2D eigenvalue weighted by Gasteiger charge is -2.15. The summed E-state index contributed by atoms with van der Waals surface area (Å²) in [5.74, 6) is -0.928. The third kappa shape index (κ3) is 3.63. The predicted molar refractivity (Wildman–Crippen MR) is 96.0 cm³/mol. The number of nitrogens with zero attached hydrogens (tertiary/aromatic N) is 1. The van der Waals surface area contributed by atoms with Gasteiger partial charge in [-0.2, -0.15) is 0 Å². The summed E-state index contributed by atoms with van der Waals surface area (Å²) in [4.78, 5) is 31.1. The smallest absolute Gasteiger partial charge is 0.305 e. The molecule has 25 heavy (non-hydrogen) atoms. The fraction of sp³-hybridized carbons (Fsp3) is 0.316. The number of nitrogens with two attached hydrogens (primary N) is 1. The van der Waals surface area contributed by atoms with Crippen molar-refractivity contribution in [1.82, 2.24) is 9.97 Å². The van der Waals surface area contributed by atoms with E-state index >= 15 is 0 Å². The number of carbonyl (C=O) groups excluding carboxylic acids is 2. The van der Waals surface area contributed by atoms with Gasteiger partial charge in [-0.3, -0.25) is 14.6 Å². The number of amides is 1. The van der Waals surface area contributed by atoms with Crippen molar-refractivity contribution in [1.29, 1.82) is 0 Å². The minimum atomic E-state index is -0.413. The molecule has 1 atom stereocenters. The molecule has 3 aromatic rings. The number of rotatable bonds is 7. The Morgan fingerprint density at radius 3 is 2.80 bits per heavy atom. The van der Waals surface area contributed by atoms with Crippen molar-refractivity contribution < 1.29 is 14.3 Å². The number of H-pyrrole nitrogens is 1. The SMILES string of the molecule is CCOC(=O)CC[C@H](CC(N)=O)c1nccc2c1[nH]c1ccccc12. The maximum Gasteiger partial charge on any atom is 0.305 e. The summed E-state index contributed by atoms with van der Waals surface area (Å²) >= 11 is 0. The Kier molecular flexibility index (Phi) is 4.97. The Balaban J connectivity index is 1.99. The zero-order valence-electron chi connectivity index (χ0n) is 14.1. The van der Waals surface area contributed by atoms with Crippen LogP contribution < -0.4 is 5.73 Å². The monoisotopic (exact) mass is 339 g/mol. The predicted octanol–water partition coefficient (Wildman–Crippen LogP) is 3.02. The summed E-state index contributed by atoms with van der Waals surface area (Å²) in [6.45, 7) is 2.11.